The number of carbonyl (C=O) groups excluding carboxylic acids is 1. The van der Waals surface area contributed by atoms with Crippen molar-refractivity contribution in [3.05, 3.63) is 35.4 Å². The molecule has 0 aliphatic heterocycles. The summed E-state index contributed by atoms with van der Waals surface area (Å²) in [6.07, 6.45) is 0.382. The SMILES string of the molecule is CC(C)(C)C(CCO)NC(=O)c1cc(F)cc(F)c1. The first-order chi connectivity index (χ1) is 8.74. The fourth-order valence-corrected chi connectivity index (χ4v) is 1.78. The number of hydrogen-bond acceptors (Lipinski definition) is 2. The normalized spacial score (nSPS) is 13.2. The summed E-state index contributed by atoms with van der Waals surface area (Å²) in [5.74, 6) is -2.13. The maximum Gasteiger partial charge on any atom is 0.251 e. The summed E-state index contributed by atoms with van der Waals surface area (Å²) >= 11 is 0. The molecule has 0 aliphatic carbocycles. The number of rotatable bonds is 4. The van der Waals surface area contributed by atoms with Crippen molar-refractivity contribution in [2.75, 3.05) is 6.61 Å². The Morgan fingerprint density at radius 1 is 1.26 bits per heavy atom. The molecule has 0 bridgehead atoms. The number of halogens is 2. The van der Waals surface area contributed by atoms with E-state index in [-0.39, 0.29) is 23.6 Å². The van der Waals surface area contributed by atoms with E-state index in [0.717, 1.165) is 12.1 Å². The van der Waals surface area contributed by atoms with E-state index in [4.69, 9.17) is 5.11 Å². The smallest absolute Gasteiger partial charge is 0.251 e. The molecule has 0 aliphatic rings. The molecule has 3 nitrogen and oxygen atoms in total. The van der Waals surface area contributed by atoms with Crippen LogP contribution in [0.1, 0.15) is 37.6 Å². The second kappa shape index (κ2) is 6.10. The largest absolute Gasteiger partial charge is 0.396 e. The lowest BCUT2D eigenvalue weighted by molar-refractivity contribution is 0.0884. The van der Waals surface area contributed by atoms with E-state index >= 15 is 0 Å². The van der Waals surface area contributed by atoms with E-state index in [9.17, 15) is 13.6 Å². The quantitative estimate of drug-likeness (QED) is 0.884. The highest BCUT2D eigenvalue weighted by molar-refractivity contribution is 5.94. The molecule has 0 saturated carbocycles. The van der Waals surface area contributed by atoms with Gasteiger partial charge < -0.3 is 10.4 Å². The second-order valence-corrected chi connectivity index (χ2v) is 5.56. The van der Waals surface area contributed by atoms with Crippen LogP contribution in [0.2, 0.25) is 0 Å². The molecule has 1 atom stereocenters. The van der Waals surface area contributed by atoms with Crippen LogP contribution >= 0.6 is 0 Å². The highest BCUT2D eigenvalue weighted by Gasteiger charge is 2.26. The number of carbonyl (C=O) groups is 1. The first kappa shape index (κ1) is 15.6. The lowest BCUT2D eigenvalue weighted by Gasteiger charge is -2.31. The van der Waals surface area contributed by atoms with E-state index in [1.54, 1.807) is 0 Å². The zero-order valence-corrected chi connectivity index (χ0v) is 11.3. The Bertz CT molecular complexity index is 435. The molecule has 1 unspecified atom stereocenters. The van der Waals surface area contributed by atoms with Crippen LogP contribution in [0.4, 0.5) is 8.78 Å². The summed E-state index contributed by atoms with van der Waals surface area (Å²) < 4.78 is 26.1. The molecule has 2 N–H and O–H groups in total. The van der Waals surface area contributed by atoms with Crippen LogP contribution in [0, 0.1) is 17.0 Å². The fraction of sp³-hybridized carbons (Fsp3) is 0.500. The van der Waals surface area contributed by atoms with Gasteiger partial charge in [-0.05, 0) is 24.0 Å². The number of nitrogens with one attached hydrogen (secondary N) is 1. The Morgan fingerprint density at radius 2 is 1.79 bits per heavy atom. The topological polar surface area (TPSA) is 49.3 Å². The van der Waals surface area contributed by atoms with Gasteiger partial charge in [-0.3, -0.25) is 4.79 Å². The van der Waals surface area contributed by atoms with E-state index < -0.39 is 17.5 Å². The summed E-state index contributed by atoms with van der Waals surface area (Å²) in [4.78, 5) is 12.0. The first-order valence-corrected chi connectivity index (χ1v) is 6.12. The van der Waals surface area contributed by atoms with E-state index in [2.05, 4.69) is 5.32 Å². The van der Waals surface area contributed by atoms with Crippen molar-refractivity contribution >= 4 is 5.91 Å². The Labute approximate surface area is 111 Å². The zero-order chi connectivity index (χ0) is 14.6. The number of aliphatic hydroxyl groups is 1. The Morgan fingerprint density at radius 3 is 2.21 bits per heavy atom. The van der Waals surface area contributed by atoms with Crippen molar-refractivity contribution in [2.24, 2.45) is 5.41 Å². The van der Waals surface area contributed by atoms with Crippen molar-refractivity contribution in [3.8, 4) is 0 Å². The number of benzene rings is 1. The van der Waals surface area contributed by atoms with Gasteiger partial charge in [0.1, 0.15) is 11.6 Å². The van der Waals surface area contributed by atoms with Gasteiger partial charge in [0.25, 0.3) is 5.91 Å². The third-order valence-corrected chi connectivity index (χ3v) is 2.89. The molecule has 0 saturated heterocycles. The molecular weight excluding hydrogens is 252 g/mol. The molecule has 1 rings (SSSR count). The molecule has 0 radical (unpaired) electrons. The minimum atomic E-state index is -0.792. The monoisotopic (exact) mass is 271 g/mol. The van der Waals surface area contributed by atoms with Crippen molar-refractivity contribution in [1.29, 1.82) is 0 Å². The minimum Gasteiger partial charge on any atom is -0.396 e. The third kappa shape index (κ3) is 4.59. The van der Waals surface area contributed by atoms with Crippen LogP contribution in [-0.2, 0) is 0 Å². The fourth-order valence-electron chi connectivity index (χ4n) is 1.78. The lowest BCUT2D eigenvalue weighted by Crippen LogP contribution is -2.44. The predicted octanol–water partition coefficient (Wildman–Crippen LogP) is 2.49. The number of amides is 1. The van der Waals surface area contributed by atoms with Crippen LogP contribution in [-0.4, -0.2) is 23.7 Å². The van der Waals surface area contributed by atoms with Gasteiger partial charge in [-0.25, -0.2) is 8.78 Å². The van der Waals surface area contributed by atoms with Crippen molar-refractivity contribution < 1.29 is 18.7 Å². The van der Waals surface area contributed by atoms with E-state index in [0.29, 0.717) is 12.5 Å². The minimum absolute atomic E-state index is 0.0651. The zero-order valence-electron chi connectivity index (χ0n) is 11.3. The second-order valence-electron chi connectivity index (χ2n) is 5.56. The summed E-state index contributed by atoms with van der Waals surface area (Å²) in [5.41, 5.74) is -0.325. The molecule has 5 heteroatoms. The van der Waals surface area contributed by atoms with Crippen molar-refractivity contribution in [2.45, 2.75) is 33.2 Å². The van der Waals surface area contributed by atoms with Crippen LogP contribution in [0.5, 0.6) is 0 Å². The molecule has 0 aromatic heterocycles. The number of hydrogen-bond donors (Lipinski definition) is 2. The summed E-state index contributed by atoms with van der Waals surface area (Å²) in [6, 6.07) is 2.40. The maximum atomic E-state index is 13.0. The molecule has 1 amide bonds. The highest BCUT2D eigenvalue weighted by atomic mass is 19.1. The van der Waals surface area contributed by atoms with Gasteiger partial charge in [0.2, 0.25) is 0 Å². The van der Waals surface area contributed by atoms with E-state index in [1.807, 2.05) is 20.8 Å². The van der Waals surface area contributed by atoms with Crippen molar-refractivity contribution in [3.63, 3.8) is 0 Å². The van der Waals surface area contributed by atoms with Gasteiger partial charge >= 0.3 is 0 Å². The lowest BCUT2D eigenvalue weighted by atomic mass is 9.85. The summed E-state index contributed by atoms with van der Waals surface area (Å²) in [6.45, 7) is 5.68. The van der Waals surface area contributed by atoms with E-state index in [1.165, 1.54) is 0 Å². The molecule has 106 valence electrons. The number of aliphatic hydroxyl groups excluding tert-OH is 1. The van der Waals surface area contributed by atoms with Gasteiger partial charge in [0.15, 0.2) is 0 Å². The molecule has 19 heavy (non-hydrogen) atoms. The molecule has 0 fully saturated rings. The molecule has 0 spiro atoms. The summed E-state index contributed by atoms with van der Waals surface area (Å²) in [7, 11) is 0. The van der Waals surface area contributed by atoms with Gasteiger partial charge in [0.05, 0.1) is 0 Å². The molecule has 1 aromatic carbocycles. The molecular formula is C14H19F2NO2. The Hall–Kier alpha value is -1.49. The van der Waals surface area contributed by atoms with Crippen LogP contribution in [0.25, 0.3) is 0 Å². The average molecular weight is 271 g/mol. The van der Waals surface area contributed by atoms with Crippen LogP contribution in [0.3, 0.4) is 0 Å². The van der Waals surface area contributed by atoms with Gasteiger partial charge in [-0.2, -0.15) is 0 Å². The molecule has 0 heterocycles. The molecule has 1 aromatic rings. The third-order valence-electron chi connectivity index (χ3n) is 2.89. The summed E-state index contributed by atoms with van der Waals surface area (Å²) in [5, 5.41) is 11.7. The van der Waals surface area contributed by atoms with Crippen molar-refractivity contribution in [1.82, 2.24) is 5.32 Å². The first-order valence-electron chi connectivity index (χ1n) is 6.12. The highest BCUT2D eigenvalue weighted by Crippen LogP contribution is 2.22. The Kier molecular flexibility index (Phi) is 5.00. The van der Waals surface area contributed by atoms with Gasteiger partial charge in [0, 0.05) is 24.3 Å². The Balaban J connectivity index is 2.87. The van der Waals surface area contributed by atoms with Gasteiger partial charge in [-0.1, -0.05) is 20.8 Å². The average Bonchev–Trinajstić information content (AvgIpc) is 2.25. The van der Waals surface area contributed by atoms with Gasteiger partial charge in [-0.15, -0.1) is 0 Å². The predicted molar refractivity (Wildman–Crippen MR) is 68.8 cm³/mol. The van der Waals surface area contributed by atoms with Crippen LogP contribution < -0.4 is 5.32 Å². The maximum absolute atomic E-state index is 13.0. The standard InChI is InChI=1S/C14H19F2NO2/c1-14(2,3)12(4-5-18)17-13(19)9-6-10(15)8-11(16)7-9/h6-8,12,18H,4-5H2,1-3H3,(H,17,19). The van der Waals surface area contributed by atoms with Crippen LogP contribution in [0.15, 0.2) is 18.2 Å².